The summed E-state index contributed by atoms with van der Waals surface area (Å²) >= 11 is 0. The maximum absolute atomic E-state index is 12.8. The van der Waals surface area contributed by atoms with E-state index in [-0.39, 0.29) is 24.0 Å². The average Bonchev–Trinajstić information content (AvgIpc) is 2.52. The molecule has 0 spiro atoms. The topological polar surface area (TPSA) is 90.4 Å². The first-order chi connectivity index (χ1) is 11.6. The molecular formula is C17H29N3O5. The molecule has 0 radical (unpaired) electrons. The highest BCUT2D eigenvalue weighted by Gasteiger charge is 2.36. The number of ether oxygens (including phenoxy) is 1. The summed E-state index contributed by atoms with van der Waals surface area (Å²) in [7, 11) is 0. The van der Waals surface area contributed by atoms with Crippen molar-refractivity contribution in [3.63, 3.8) is 0 Å². The highest BCUT2D eigenvalue weighted by atomic mass is 16.6. The number of carbonyl (C=O) groups is 3. The summed E-state index contributed by atoms with van der Waals surface area (Å²) in [6.45, 7) is 9.52. The Morgan fingerprint density at radius 2 is 1.60 bits per heavy atom. The number of hydrogen-bond donors (Lipinski definition) is 1. The molecule has 0 aromatic carbocycles. The van der Waals surface area contributed by atoms with E-state index in [1.165, 1.54) is 4.90 Å². The van der Waals surface area contributed by atoms with Gasteiger partial charge in [-0.2, -0.15) is 0 Å². The number of piperazine rings is 1. The molecule has 2 rings (SSSR count). The van der Waals surface area contributed by atoms with Crippen LogP contribution in [0.1, 0.15) is 40.5 Å². The van der Waals surface area contributed by atoms with Crippen LogP contribution >= 0.6 is 0 Å². The molecule has 1 unspecified atom stereocenters. The predicted octanol–water partition coefficient (Wildman–Crippen LogP) is 1.84. The molecule has 1 N–H and O–H groups in total. The number of carboxylic acid groups (broad SMARTS) is 1. The van der Waals surface area contributed by atoms with Crippen molar-refractivity contribution in [2.75, 3.05) is 32.7 Å². The molecule has 3 amide bonds. The molecule has 0 saturated carbocycles. The number of piperidine rings is 1. The van der Waals surface area contributed by atoms with Crippen LogP contribution in [0.3, 0.4) is 0 Å². The predicted molar refractivity (Wildman–Crippen MR) is 91.3 cm³/mol. The zero-order valence-corrected chi connectivity index (χ0v) is 15.5. The molecule has 1 atom stereocenters. The Bertz CT molecular complexity index is 523. The molecule has 0 aliphatic carbocycles. The van der Waals surface area contributed by atoms with Gasteiger partial charge in [0.2, 0.25) is 5.91 Å². The van der Waals surface area contributed by atoms with E-state index in [1.54, 1.807) is 9.80 Å². The number of amides is 3. The molecule has 142 valence electrons. The van der Waals surface area contributed by atoms with E-state index in [2.05, 4.69) is 0 Å². The van der Waals surface area contributed by atoms with E-state index in [9.17, 15) is 14.4 Å². The van der Waals surface area contributed by atoms with Crippen LogP contribution in [0.2, 0.25) is 0 Å². The van der Waals surface area contributed by atoms with Gasteiger partial charge in [-0.15, -0.1) is 0 Å². The Hall–Kier alpha value is -1.99. The van der Waals surface area contributed by atoms with E-state index in [4.69, 9.17) is 9.84 Å². The zero-order valence-electron chi connectivity index (χ0n) is 15.5. The largest absolute Gasteiger partial charge is 0.465 e. The van der Waals surface area contributed by atoms with Gasteiger partial charge in [-0.3, -0.25) is 4.79 Å². The van der Waals surface area contributed by atoms with Crippen LogP contribution in [0, 0.1) is 5.92 Å². The van der Waals surface area contributed by atoms with Crippen LogP contribution in [0.5, 0.6) is 0 Å². The van der Waals surface area contributed by atoms with Crippen molar-refractivity contribution >= 4 is 18.1 Å². The third-order valence-corrected chi connectivity index (χ3v) is 4.68. The normalized spacial score (nSPS) is 22.7. The van der Waals surface area contributed by atoms with Crippen molar-refractivity contribution < 1.29 is 24.2 Å². The molecule has 2 saturated heterocycles. The molecule has 25 heavy (non-hydrogen) atoms. The van der Waals surface area contributed by atoms with E-state index in [1.807, 2.05) is 27.7 Å². The summed E-state index contributed by atoms with van der Waals surface area (Å²) in [5.74, 6) is -0.0427. The van der Waals surface area contributed by atoms with Gasteiger partial charge < -0.3 is 24.5 Å². The molecule has 2 aliphatic heterocycles. The lowest BCUT2D eigenvalue weighted by Crippen LogP contribution is -2.57. The standard InChI is InChI=1S/C17H29N3O5/c1-12-11-19(15(22)23)9-10-20(12)14(21)13-5-7-18(8-6-13)16(24)25-17(2,3)4/h12-13H,5-11H2,1-4H3,(H,22,23). The van der Waals surface area contributed by atoms with Crippen molar-refractivity contribution in [2.45, 2.75) is 52.2 Å². The maximum Gasteiger partial charge on any atom is 0.410 e. The fourth-order valence-electron chi connectivity index (χ4n) is 3.33. The van der Waals surface area contributed by atoms with Gasteiger partial charge in [-0.1, -0.05) is 0 Å². The van der Waals surface area contributed by atoms with Gasteiger partial charge >= 0.3 is 12.2 Å². The summed E-state index contributed by atoms with van der Waals surface area (Å²) in [5.41, 5.74) is -0.525. The second kappa shape index (κ2) is 7.49. The summed E-state index contributed by atoms with van der Waals surface area (Å²) in [6.07, 6.45) is -0.0418. The number of hydrogen-bond acceptors (Lipinski definition) is 4. The minimum absolute atomic E-state index is 0.0707. The number of nitrogens with zero attached hydrogens (tertiary/aromatic N) is 3. The second-order valence-corrected chi connectivity index (χ2v) is 7.85. The Morgan fingerprint density at radius 3 is 2.08 bits per heavy atom. The van der Waals surface area contributed by atoms with Gasteiger partial charge in [0.1, 0.15) is 5.60 Å². The lowest BCUT2D eigenvalue weighted by molar-refractivity contribution is -0.141. The lowest BCUT2D eigenvalue weighted by Gasteiger charge is -2.41. The lowest BCUT2D eigenvalue weighted by atomic mass is 9.94. The SMILES string of the molecule is CC1CN(C(=O)O)CCN1C(=O)C1CCN(C(=O)OC(C)(C)C)CC1. The fourth-order valence-corrected chi connectivity index (χ4v) is 3.33. The monoisotopic (exact) mass is 355 g/mol. The molecule has 2 heterocycles. The Labute approximate surface area is 148 Å². The van der Waals surface area contributed by atoms with Crippen LogP contribution in [-0.4, -0.2) is 82.3 Å². The number of rotatable bonds is 1. The fraction of sp³-hybridized carbons (Fsp3) is 0.824. The first-order valence-electron chi connectivity index (χ1n) is 8.85. The third kappa shape index (κ3) is 4.99. The molecule has 2 aliphatic rings. The maximum atomic E-state index is 12.8. The van der Waals surface area contributed by atoms with Crippen LogP contribution in [0.4, 0.5) is 9.59 Å². The van der Waals surface area contributed by atoms with Crippen LogP contribution in [0.25, 0.3) is 0 Å². The zero-order chi connectivity index (χ0) is 18.8. The highest BCUT2D eigenvalue weighted by Crippen LogP contribution is 2.23. The molecule has 0 aromatic rings. The average molecular weight is 355 g/mol. The summed E-state index contributed by atoms with van der Waals surface area (Å²) in [5, 5.41) is 9.06. The van der Waals surface area contributed by atoms with Crippen LogP contribution in [-0.2, 0) is 9.53 Å². The summed E-state index contributed by atoms with van der Waals surface area (Å²) < 4.78 is 5.37. The molecule has 8 nitrogen and oxygen atoms in total. The van der Waals surface area contributed by atoms with Gasteiger partial charge in [-0.25, -0.2) is 9.59 Å². The smallest absolute Gasteiger partial charge is 0.410 e. The summed E-state index contributed by atoms with van der Waals surface area (Å²) in [6, 6.07) is -0.124. The van der Waals surface area contributed by atoms with Crippen molar-refractivity contribution in [3.05, 3.63) is 0 Å². The van der Waals surface area contributed by atoms with Crippen molar-refractivity contribution in [3.8, 4) is 0 Å². The molecule has 8 heteroatoms. The van der Waals surface area contributed by atoms with E-state index >= 15 is 0 Å². The van der Waals surface area contributed by atoms with Crippen molar-refractivity contribution in [2.24, 2.45) is 5.92 Å². The first kappa shape index (κ1) is 19.3. The highest BCUT2D eigenvalue weighted by molar-refractivity contribution is 5.80. The first-order valence-corrected chi connectivity index (χ1v) is 8.85. The molecule has 0 bridgehead atoms. The van der Waals surface area contributed by atoms with Gasteiger partial charge in [-0.05, 0) is 40.5 Å². The Morgan fingerprint density at radius 1 is 1.00 bits per heavy atom. The van der Waals surface area contributed by atoms with Gasteiger partial charge in [0.05, 0.1) is 0 Å². The number of likely N-dealkylation sites (tertiary alicyclic amines) is 1. The summed E-state index contributed by atoms with van der Waals surface area (Å²) in [4.78, 5) is 40.7. The quantitative estimate of drug-likeness (QED) is 0.775. The van der Waals surface area contributed by atoms with Gasteiger partial charge in [0, 0.05) is 44.7 Å². The van der Waals surface area contributed by atoms with Gasteiger partial charge in [0.15, 0.2) is 0 Å². The van der Waals surface area contributed by atoms with E-state index in [0.717, 1.165) is 0 Å². The van der Waals surface area contributed by atoms with Crippen LogP contribution < -0.4 is 0 Å². The van der Waals surface area contributed by atoms with Crippen LogP contribution in [0.15, 0.2) is 0 Å². The van der Waals surface area contributed by atoms with E-state index in [0.29, 0.717) is 45.6 Å². The Balaban J connectivity index is 1.85. The minimum Gasteiger partial charge on any atom is -0.465 e. The minimum atomic E-state index is -0.940. The second-order valence-electron chi connectivity index (χ2n) is 7.85. The number of carbonyl (C=O) groups excluding carboxylic acids is 2. The van der Waals surface area contributed by atoms with Gasteiger partial charge in [0.25, 0.3) is 0 Å². The Kier molecular flexibility index (Phi) is 5.80. The molecular weight excluding hydrogens is 326 g/mol. The molecule has 2 fully saturated rings. The van der Waals surface area contributed by atoms with E-state index < -0.39 is 11.7 Å². The van der Waals surface area contributed by atoms with Crippen molar-refractivity contribution in [1.82, 2.24) is 14.7 Å². The van der Waals surface area contributed by atoms with Crippen molar-refractivity contribution in [1.29, 1.82) is 0 Å². The third-order valence-electron chi connectivity index (χ3n) is 4.68. The molecule has 0 aromatic heterocycles.